The molecular formula is C17H26N4O2. The molecule has 1 saturated heterocycles. The van der Waals surface area contributed by atoms with Crippen molar-refractivity contribution in [2.75, 3.05) is 31.1 Å². The summed E-state index contributed by atoms with van der Waals surface area (Å²) in [7, 11) is 0. The van der Waals surface area contributed by atoms with Gasteiger partial charge in [-0.15, -0.1) is 0 Å². The summed E-state index contributed by atoms with van der Waals surface area (Å²) in [6.45, 7) is 12.3. The molecule has 2 heterocycles. The number of nitrogens with zero attached hydrogens (tertiary/aromatic N) is 4. The van der Waals surface area contributed by atoms with Gasteiger partial charge in [-0.3, -0.25) is 0 Å². The molecule has 6 heteroatoms. The highest BCUT2D eigenvalue weighted by Gasteiger charge is 2.25. The Morgan fingerprint density at radius 1 is 1.22 bits per heavy atom. The van der Waals surface area contributed by atoms with Crippen LogP contribution in [0.3, 0.4) is 0 Å². The summed E-state index contributed by atoms with van der Waals surface area (Å²) in [4.78, 5) is 19.9. The van der Waals surface area contributed by atoms with Gasteiger partial charge < -0.3 is 14.5 Å². The second-order valence-corrected chi connectivity index (χ2v) is 5.97. The van der Waals surface area contributed by atoms with E-state index in [4.69, 9.17) is 10.00 Å². The van der Waals surface area contributed by atoms with Crippen molar-refractivity contribution in [3.63, 3.8) is 0 Å². The van der Waals surface area contributed by atoms with Gasteiger partial charge in [-0.25, -0.2) is 9.78 Å². The number of carbonyl (C=O) groups excluding carboxylic acids is 1. The molecule has 1 aliphatic heterocycles. The molecule has 0 radical (unpaired) electrons. The second-order valence-electron chi connectivity index (χ2n) is 5.97. The first-order valence-corrected chi connectivity index (χ1v) is 7.98. The maximum Gasteiger partial charge on any atom is 0.410 e. The number of anilines is 1. The Kier molecular flexibility index (Phi) is 6.83. The Bertz CT molecular complexity index is 535. The van der Waals surface area contributed by atoms with E-state index in [1.807, 2.05) is 46.8 Å². The van der Waals surface area contributed by atoms with Crippen LogP contribution in [-0.4, -0.2) is 47.8 Å². The topological polar surface area (TPSA) is 69.5 Å². The van der Waals surface area contributed by atoms with Gasteiger partial charge >= 0.3 is 6.09 Å². The molecule has 1 aromatic rings. The number of hydrogen-bond donors (Lipinski definition) is 0. The molecule has 0 unspecified atom stereocenters. The van der Waals surface area contributed by atoms with E-state index in [0.717, 1.165) is 18.8 Å². The van der Waals surface area contributed by atoms with E-state index in [1.54, 1.807) is 17.2 Å². The van der Waals surface area contributed by atoms with E-state index in [2.05, 4.69) is 9.88 Å². The first-order chi connectivity index (χ1) is 10.9. The van der Waals surface area contributed by atoms with Crippen LogP contribution in [0.1, 0.15) is 40.3 Å². The molecule has 0 atom stereocenters. The van der Waals surface area contributed by atoms with Crippen LogP contribution in [0.15, 0.2) is 18.3 Å². The van der Waals surface area contributed by atoms with Crippen molar-refractivity contribution in [1.29, 1.82) is 5.26 Å². The lowest BCUT2D eigenvalue weighted by atomic mass is 10.2. The lowest BCUT2D eigenvalue weighted by Crippen LogP contribution is -2.50. The van der Waals surface area contributed by atoms with E-state index in [9.17, 15) is 4.79 Å². The molecule has 23 heavy (non-hydrogen) atoms. The summed E-state index contributed by atoms with van der Waals surface area (Å²) in [6.07, 6.45) is 1.43. The SMILES string of the molecule is CC.CC(C)(C)OC(=O)N1CCN(c2ccc(C#N)nc2)CC1. The van der Waals surface area contributed by atoms with E-state index < -0.39 is 5.60 Å². The maximum absolute atomic E-state index is 12.0. The van der Waals surface area contributed by atoms with Crippen LogP contribution >= 0.6 is 0 Å². The smallest absolute Gasteiger partial charge is 0.410 e. The molecule has 2 rings (SSSR count). The van der Waals surface area contributed by atoms with E-state index in [0.29, 0.717) is 18.8 Å². The van der Waals surface area contributed by atoms with Crippen LogP contribution in [0.4, 0.5) is 10.5 Å². The van der Waals surface area contributed by atoms with Gasteiger partial charge in [0.2, 0.25) is 0 Å². The molecule has 126 valence electrons. The van der Waals surface area contributed by atoms with Crippen LogP contribution in [0.25, 0.3) is 0 Å². The predicted octanol–water partition coefficient (Wildman–Crippen LogP) is 3.04. The minimum absolute atomic E-state index is 0.264. The van der Waals surface area contributed by atoms with Crippen LogP contribution < -0.4 is 4.90 Å². The Balaban J connectivity index is 0.00000127. The normalized spacial score (nSPS) is 14.4. The maximum atomic E-state index is 12.0. The molecule has 6 nitrogen and oxygen atoms in total. The molecule has 0 N–H and O–H groups in total. The van der Waals surface area contributed by atoms with Gasteiger partial charge in [0.1, 0.15) is 17.4 Å². The fraction of sp³-hybridized carbons (Fsp3) is 0.588. The molecule has 1 amide bonds. The third kappa shape index (κ3) is 5.78. The first-order valence-electron chi connectivity index (χ1n) is 7.98. The molecule has 1 aromatic heterocycles. The lowest BCUT2D eigenvalue weighted by molar-refractivity contribution is 0.0240. The van der Waals surface area contributed by atoms with Gasteiger partial charge in [-0.05, 0) is 32.9 Å². The largest absolute Gasteiger partial charge is 0.444 e. The zero-order valence-electron chi connectivity index (χ0n) is 14.7. The van der Waals surface area contributed by atoms with Gasteiger partial charge in [0.25, 0.3) is 0 Å². The average molecular weight is 318 g/mol. The highest BCUT2D eigenvalue weighted by molar-refractivity contribution is 5.68. The van der Waals surface area contributed by atoms with Crippen molar-refractivity contribution in [1.82, 2.24) is 9.88 Å². The molecule has 1 aliphatic rings. The zero-order valence-corrected chi connectivity index (χ0v) is 14.7. The monoisotopic (exact) mass is 318 g/mol. The number of amides is 1. The predicted molar refractivity (Wildman–Crippen MR) is 90.3 cm³/mol. The molecule has 0 aromatic carbocycles. The Morgan fingerprint density at radius 2 is 1.83 bits per heavy atom. The number of ether oxygens (including phenoxy) is 1. The number of piperazine rings is 1. The minimum Gasteiger partial charge on any atom is -0.444 e. The quantitative estimate of drug-likeness (QED) is 0.796. The standard InChI is InChI=1S/C15H20N4O2.C2H6/c1-15(2,3)21-14(20)19-8-6-18(7-9-19)13-5-4-12(10-16)17-11-13;1-2/h4-5,11H,6-9H2,1-3H3;1-2H3. The number of aromatic nitrogens is 1. The van der Waals surface area contributed by atoms with Crippen molar-refractivity contribution in [2.45, 2.75) is 40.2 Å². The molecular weight excluding hydrogens is 292 g/mol. The van der Waals surface area contributed by atoms with Gasteiger partial charge in [0.15, 0.2) is 0 Å². The molecule has 0 bridgehead atoms. The molecule has 0 saturated carbocycles. The Hall–Kier alpha value is -2.29. The second kappa shape index (κ2) is 8.37. The molecule has 0 aliphatic carbocycles. The van der Waals surface area contributed by atoms with Crippen molar-refractivity contribution >= 4 is 11.8 Å². The van der Waals surface area contributed by atoms with E-state index in [-0.39, 0.29) is 6.09 Å². The van der Waals surface area contributed by atoms with Gasteiger partial charge in [-0.2, -0.15) is 5.26 Å². The summed E-state index contributed by atoms with van der Waals surface area (Å²) in [6, 6.07) is 5.59. The summed E-state index contributed by atoms with van der Waals surface area (Å²) in [5, 5.41) is 8.74. The summed E-state index contributed by atoms with van der Waals surface area (Å²) in [5.41, 5.74) is 0.912. The van der Waals surface area contributed by atoms with Crippen LogP contribution in [-0.2, 0) is 4.74 Å². The van der Waals surface area contributed by atoms with E-state index >= 15 is 0 Å². The van der Waals surface area contributed by atoms with Gasteiger partial charge in [0.05, 0.1) is 11.9 Å². The third-order valence-corrected chi connectivity index (χ3v) is 3.16. The molecule has 0 spiro atoms. The average Bonchev–Trinajstić information content (AvgIpc) is 2.55. The number of carbonyl (C=O) groups is 1. The lowest BCUT2D eigenvalue weighted by Gasteiger charge is -2.36. The Morgan fingerprint density at radius 3 is 2.26 bits per heavy atom. The van der Waals surface area contributed by atoms with Crippen LogP contribution in [0.5, 0.6) is 0 Å². The first kappa shape index (κ1) is 18.8. The Labute approximate surface area is 138 Å². The van der Waals surface area contributed by atoms with Crippen molar-refractivity contribution < 1.29 is 9.53 Å². The number of pyridine rings is 1. The van der Waals surface area contributed by atoms with Crippen molar-refractivity contribution in [3.8, 4) is 6.07 Å². The van der Waals surface area contributed by atoms with Crippen LogP contribution in [0, 0.1) is 11.3 Å². The van der Waals surface area contributed by atoms with E-state index in [1.165, 1.54) is 0 Å². The fourth-order valence-corrected chi connectivity index (χ4v) is 2.11. The highest BCUT2D eigenvalue weighted by atomic mass is 16.6. The highest BCUT2D eigenvalue weighted by Crippen LogP contribution is 2.17. The summed E-state index contributed by atoms with van der Waals surface area (Å²) < 4.78 is 5.37. The third-order valence-electron chi connectivity index (χ3n) is 3.16. The summed E-state index contributed by atoms with van der Waals surface area (Å²) in [5.74, 6) is 0. The fourth-order valence-electron chi connectivity index (χ4n) is 2.11. The van der Waals surface area contributed by atoms with Gasteiger partial charge in [0, 0.05) is 26.2 Å². The van der Waals surface area contributed by atoms with Crippen LogP contribution in [0.2, 0.25) is 0 Å². The van der Waals surface area contributed by atoms with Crippen molar-refractivity contribution in [2.24, 2.45) is 0 Å². The number of hydrogen-bond acceptors (Lipinski definition) is 5. The molecule has 1 fully saturated rings. The minimum atomic E-state index is -0.467. The number of rotatable bonds is 1. The number of nitriles is 1. The van der Waals surface area contributed by atoms with Crippen molar-refractivity contribution in [3.05, 3.63) is 24.0 Å². The zero-order chi connectivity index (χ0) is 17.5. The van der Waals surface area contributed by atoms with Gasteiger partial charge in [-0.1, -0.05) is 13.8 Å². The summed E-state index contributed by atoms with van der Waals surface area (Å²) >= 11 is 0.